The third-order valence-corrected chi connectivity index (χ3v) is 4.61. The maximum atomic E-state index is 12.6. The van der Waals surface area contributed by atoms with Gasteiger partial charge in [0.2, 0.25) is 5.91 Å². The second kappa shape index (κ2) is 7.44. The average Bonchev–Trinajstić information content (AvgIpc) is 2.99. The molecule has 2 N–H and O–H groups in total. The number of aryl methyl sites for hydroxylation is 2. The monoisotopic (exact) mass is 349 g/mol. The molecule has 0 aliphatic rings. The van der Waals surface area contributed by atoms with Crippen LogP contribution in [0.15, 0.2) is 59.5 Å². The van der Waals surface area contributed by atoms with Gasteiger partial charge in [0.1, 0.15) is 0 Å². The number of carbonyl (C=O) groups excluding carboxylic acids is 1. The molecule has 1 aromatic heterocycles. The zero-order chi connectivity index (χ0) is 18.7. The SMILES string of the molecule is CCc1ccc(C(C)C(=O)Nc2cccc(-n3c(C)c[nH]c3=O)c2)cc1. The van der Waals surface area contributed by atoms with E-state index in [1.807, 2.05) is 44.2 Å². The van der Waals surface area contributed by atoms with Crippen LogP contribution in [0.4, 0.5) is 5.69 Å². The number of H-pyrrole nitrogens is 1. The van der Waals surface area contributed by atoms with Crippen LogP contribution in [-0.2, 0) is 11.2 Å². The van der Waals surface area contributed by atoms with Crippen LogP contribution in [0, 0.1) is 6.92 Å². The standard InChI is InChI=1S/C21H23N3O2/c1-4-16-8-10-17(11-9-16)15(3)20(25)23-18-6-5-7-19(12-18)24-14(2)13-22-21(24)26/h5-13,15H,4H2,1-3H3,(H,22,26)(H,23,25). The molecule has 0 saturated carbocycles. The Morgan fingerprint density at radius 3 is 2.54 bits per heavy atom. The highest BCUT2D eigenvalue weighted by molar-refractivity contribution is 5.95. The van der Waals surface area contributed by atoms with E-state index >= 15 is 0 Å². The fourth-order valence-electron chi connectivity index (χ4n) is 2.94. The van der Waals surface area contributed by atoms with Gasteiger partial charge in [-0.3, -0.25) is 9.36 Å². The number of nitrogens with one attached hydrogen (secondary N) is 2. The maximum absolute atomic E-state index is 12.6. The van der Waals surface area contributed by atoms with E-state index in [0.717, 1.165) is 17.7 Å². The summed E-state index contributed by atoms with van der Waals surface area (Å²) < 4.78 is 1.57. The molecule has 2 aromatic carbocycles. The molecule has 1 heterocycles. The molecule has 134 valence electrons. The second-order valence-electron chi connectivity index (χ2n) is 6.43. The number of benzene rings is 2. The maximum Gasteiger partial charge on any atom is 0.330 e. The summed E-state index contributed by atoms with van der Waals surface area (Å²) in [6.45, 7) is 5.85. The van der Waals surface area contributed by atoms with E-state index in [0.29, 0.717) is 11.4 Å². The molecular weight excluding hydrogens is 326 g/mol. The lowest BCUT2D eigenvalue weighted by atomic mass is 9.98. The fraction of sp³-hybridized carbons (Fsp3) is 0.238. The lowest BCUT2D eigenvalue weighted by Crippen LogP contribution is -2.20. The summed E-state index contributed by atoms with van der Waals surface area (Å²) in [5, 5.41) is 2.95. The summed E-state index contributed by atoms with van der Waals surface area (Å²) in [6.07, 6.45) is 2.64. The van der Waals surface area contributed by atoms with Gasteiger partial charge in [0.25, 0.3) is 0 Å². The first-order valence-corrected chi connectivity index (χ1v) is 8.76. The normalized spacial score (nSPS) is 12.0. The van der Waals surface area contributed by atoms with Crippen LogP contribution in [0.2, 0.25) is 0 Å². The number of hydrogen-bond donors (Lipinski definition) is 2. The first-order chi connectivity index (χ1) is 12.5. The average molecular weight is 349 g/mol. The van der Waals surface area contributed by atoms with Crippen molar-refractivity contribution in [2.24, 2.45) is 0 Å². The minimum absolute atomic E-state index is 0.0791. The summed E-state index contributed by atoms with van der Waals surface area (Å²) in [5.74, 6) is -0.342. The van der Waals surface area contributed by atoms with Crippen molar-refractivity contribution in [1.29, 1.82) is 0 Å². The van der Waals surface area contributed by atoms with Gasteiger partial charge in [-0.1, -0.05) is 37.3 Å². The Labute approximate surface area is 152 Å². The number of nitrogens with zero attached hydrogens (tertiary/aromatic N) is 1. The first kappa shape index (κ1) is 17.7. The van der Waals surface area contributed by atoms with E-state index in [9.17, 15) is 9.59 Å². The molecule has 0 spiro atoms. The topological polar surface area (TPSA) is 66.9 Å². The first-order valence-electron chi connectivity index (χ1n) is 8.76. The van der Waals surface area contributed by atoms with Crippen LogP contribution in [0.25, 0.3) is 5.69 Å². The summed E-state index contributed by atoms with van der Waals surface area (Å²) >= 11 is 0. The zero-order valence-corrected chi connectivity index (χ0v) is 15.2. The molecule has 0 radical (unpaired) electrons. The Hall–Kier alpha value is -3.08. The number of carbonyl (C=O) groups is 1. The van der Waals surface area contributed by atoms with Gasteiger partial charge >= 0.3 is 5.69 Å². The number of anilines is 1. The van der Waals surface area contributed by atoms with Crippen LogP contribution < -0.4 is 11.0 Å². The third kappa shape index (κ3) is 3.61. The summed E-state index contributed by atoms with van der Waals surface area (Å²) in [7, 11) is 0. The lowest BCUT2D eigenvalue weighted by Gasteiger charge is -2.14. The van der Waals surface area contributed by atoms with Gasteiger partial charge in [0.05, 0.1) is 11.6 Å². The second-order valence-corrected chi connectivity index (χ2v) is 6.43. The highest BCUT2D eigenvalue weighted by Crippen LogP contribution is 2.20. The van der Waals surface area contributed by atoms with Crippen molar-refractivity contribution in [3.8, 4) is 5.69 Å². The molecule has 1 atom stereocenters. The van der Waals surface area contributed by atoms with E-state index < -0.39 is 0 Å². The smallest absolute Gasteiger partial charge is 0.325 e. The Morgan fingerprint density at radius 2 is 1.92 bits per heavy atom. The van der Waals surface area contributed by atoms with Crippen LogP contribution in [0.5, 0.6) is 0 Å². The summed E-state index contributed by atoms with van der Waals surface area (Å²) in [6, 6.07) is 15.4. The molecule has 5 nitrogen and oxygen atoms in total. The fourth-order valence-corrected chi connectivity index (χ4v) is 2.94. The molecule has 3 rings (SSSR count). The Balaban J connectivity index is 1.79. The van der Waals surface area contributed by atoms with Crippen LogP contribution >= 0.6 is 0 Å². The predicted molar refractivity (Wildman–Crippen MR) is 104 cm³/mol. The van der Waals surface area contributed by atoms with E-state index in [-0.39, 0.29) is 17.5 Å². The van der Waals surface area contributed by atoms with Crippen molar-refractivity contribution >= 4 is 11.6 Å². The van der Waals surface area contributed by atoms with Gasteiger partial charge in [0.15, 0.2) is 0 Å². The van der Waals surface area contributed by atoms with Gasteiger partial charge in [-0.25, -0.2) is 4.79 Å². The van der Waals surface area contributed by atoms with Crippen LogP contribution in [-0.4, -0.2) is 15.5 Å². The number of imidazole rings is 1. The number of amides is 1. The van der Waals surface area contributed by atoms with Crippen LogP contribution in [0.3, 0.4) is 0 Å². The molecular formula is C21H23N3O2. The zero-order valence-electron chi connectivity index (χ0n) is 15.2. The van der Waals surface area contributed by atoms with E-state index in [2.05, 4.69) is 29.4 Å². The molecule has 0 saturated heterocycles. The minimum Gasteiger partial charge on any atom is -0.325 e. The van der Waals surface area contributed by atoms with E-state index in [4.69, 9.17) is 0 Å². The predicted octanol–water partition coefficient (Wildman–Crippen LogP) is 3.78. The van der Waals surface area contributed by atoms with E-state index in [1.165, 1.54) is 5.56 Å². The lowest BCUT2D eigenvalue weighted by molar-refractivity contribution is -0.117. The molecule has 0 aliphatic carbocycles. The quantitative estimate of drug-likeness (QED) is 0.736. The molecule has 1 amide bonds. The summed E-state index contributed by atoms with van der Waals surface area (Å²) in [5.41, 5.74) is 4.22. The van der Waals surface area contributed by atoms with Gasteiger partial charge in [-0.15, -0.1) is 0 Å². The van der Waals surface area contributed by atoms with Gasteiger partial charge in [-0.2, -0.15) is 0 Å². The Bertz CT molecular complexity index is 967. The van der Waals surface area contributed by atoms with Crippen molar-refractivity contribution in [2.75, 3.05) is 5.32 Å². The molecule has 0 fully saturated rings. The number of rotatable bonds is 5. The molecule has 26 heavy (non-hydrogen) atoms. The van der Waals surface area contributed by atoms with Crippen molar-refractivity contribution in [2.45, 2.75) is 33.1 Å². The minimum atomic E-state index is -0.263. The molecule has 3 aromatic rings. The van der Waals surface area contributed by atoms with Crippen molar-refractivity contribution < 1.29 is 4.79 Å². The highest BCUT2D eigenvalue weighted by Gasteiger charge is 2.16. The molecule has 0 bridgehead atoms. The Kier molecular flexibility index (Phi) is 5.07. The van der Waals surface area contributed by atoms with Gasteiger partial charge in [-0.05, 0) is 49.6 Å². The molecule has 0 aliphatic heterocycles. The van der Waals surface area contributed by atoms with E-state index in [1.54, 1.807) is 16.8 Å². The number of aromatic nitrogens is 2. The van der Waals surface area contributed by atoms with Crippen LogP contribution in [0.1, 0.15) is 36.6 Å². The highest BCUT2D eigenvalue weighted by atomic mass is 16.2. The molecule has 5 heteroatoms. The number of hydrogen-bond acceptors (Lipinski definition) is 2. The van der Waals surface area contributed by atoms with Gasteiger partial charge in [0, 0.05) is 17.6 Å². The third-order valence-electron chi connectivity index (χ3n) is 4.61. The molecule has 1 unspecified atom stereocenters. The number of aromatic amines is 1. The van der Waals surface area contributed by atoms with Crippen molar-refractivity contribution in [1.82, 2.24) is 9.55 Å². The Morgan fingerprint density at radius 1 is 1.19 bits per heavy atom. The largest absolute Gasteiger partial charge is 0.330 e. The van der Waals surface area contributed by atoms with Gasteiger partial charge < -0.3 is 10.3 Å². The van der Waals surface area contributed by atoms with Crippen molar-refractivity contribution in [3.05, 3.63) is 82.0 Å². The summed E-state index contributed by atoms with van der Waals surface area (Å²) in [4.78, 5) is 27.2. The van der Waals surface area contributed by atoms with Crippen molar-refractivity contribution in [3.63, 3.8) is 0 Å².